The van der Waals surface area contributed by atoms with Gasteiger partial charge in [0.2, 0.25) is 29.5 Å². The first kappa shape index (κ1) is 61.0. The molecule has 65 heavy (non-hydrogen) atoms. The molecule has 0 bridgehead atoms. The Kier molecular flexibility index (Phi) is 40.0. The van der Waals surface area contributed by atoms with E-state index in [2.05, 4.69) is 26.6 Å². The zero-order valence-electron chi connectivity index (χ0n) is 38.9. The van der Waals surface area contributed by atoms with Crippen molar-refractivity contribution in [3.63, 3.8) is 0 Å². The number of carbonyl (C=O) groups is 8. The Morgan fingerprint density at radius 3 is 1.43 bits per heavy atom. The van der Waals surface area contributed by atoms with Crippen molar-refractivity contribution in [2.45, 2.75) is 153 Å². The number of carboxylic acid groups (broad SMARTS) is 1. The molecule has 0 spiro atoms. The predicted octanol–water partition coefficient (Wildman–Crippen LogP) is 0.828. The average Bonchev–Trinajstić information content (AvgIpc) is 3.26. The summed E-state index contributed by atoms with van der Waals surface area (Å²) in [5, 5.41) is 22.8. The summed E-state index contributed by atoms with van der Waals surface area (Å²) in [6, 6.07) is -2.48. The highest BCUT2D eigenvalue weighted by atomic mass is 16.5. The first-order valence-corrected chi connectivity index (χ1v) is 23.4. The summed E-state index contributed by atoms with van der Waals surface area (Å²) in [6.45, 7) is 3.82. The molecule has 21 heteroatoms. The Bertz CT molecular complexity index is 1350. The fraction of sp³-hybridized carbons (Fsp3) is 0.818. The molecule has 0 unspecified atom stereocenters. The lowest BCUT2D eigenvalue weighted by Gasteiger charge is -2.14. The number of Topliss-reactive ketones (excluding diaryl/α,β-unsaturated/α-hetero) is 1. The first-order chi connectivity index (χ1) is 31.2. The number of hydrogen-bond acceptors (Lipinski definition) is 14. The van der Waals surface area contributed by atoms with E-state index in [1.807, 2.05) is 0 Å². The molecule has 0 aromatic rings. The summed E-state index contributed by atoms with van der Waals surface area (Å²) in [5.74, 6) is -2.51. The van der Waals surface area contributed by atoms with Crippen molar-refractivity contribution in [1.82, 2.24) is 26.6 Å². The minimum atomic E-state index is -1.19. The van der Waals surface area contributed by atoms with E-state index in [9.17, 15) is 43.5 Å². The Hall–Kier alpha value is -4.02. The number of ketones is 1. The third-order valence-corrected chi connectivity index (χ3v) is 10.0. The Morgan fingerprint density at radius 1 is 0.477 bits per heavy atom. The quantitative estimate of drug-likeness (QED) is 0.0310. The Balaban J connectivity index is 3.67. The van der Waals surface area contributed by atoms with Crippen LogP contribution in [0.2, 0.25) is 0 Å². The summed E-state index contributed by atoms with van der Waals surface area (Å²) in [5.41, 5.74) is 10.9. The molecule has 0 aliphatic carbocycles. The largest absolute Gasteiger partial charge is 0.480 e. The van der Waals surface area contributed by atoms with Gasteiger partial charge in [-0.2, -0.15) is 0 Å². The van der Waals surface area contributed by atoms with E-state index in [1.54, 1.807) is 6.92 Å². The van der Waals surface area contributed by atoms with E-state index in [1.165, 1.54) is 12.8 Å². The molecule has 0 rings (SSSR count). The number of rotatable bonds is 46. The first-order valence-electron chi connectivity index (χ1n) is 23.4. The molecule has 0 fully saturated rings. The summed E-state index contributed by atoms with van der Waals surface area (Å²) < 4.78 is 21.4. The molecule has 0 saturated heterocycles. The molecule has 372 valence electrons. The number of unbranched alkanes of at least 4 members (excludes halogenated alkanes) is 11. The number of nitrogens with two attached hydrogens (primary N) is 2. The van der Waals surface area contributed by atoms with Crippen LogP contribution in [0.5, 0.6) is 0 Å². The second-order valence-electron chi connectivity index (χ2n) is 16.0. The zero-order valence-corrected chi connectivity index (χ0v) is 38.9. The SMILES string of the molecule is [B]C(=O)[C@@H](N)CCCCNC(=O)[C@@H](N)CCCCNC(=O)COCCOCCNC(=O)COCCOCCNC(=O)CC[C@H](NC(=O)CCCCCCCCCCCCC(C)=O)C(=O)O. The molecule has 0 saturated carbocycles. The third kappa shape index (κ3) is 41.2. The van der Waals surface area contributed by atoms with E-state index in [-0.39, 0.29) is 121 Å². The summed E-state index contributed by atoms with van der Waals surface area (Å²) >= 11 is 0. The van der Waals surface area contributed by atoms with Crippen LogP contribution in [-0.2, 0) is 57.3 Å². The van der Waals surface area contributed by atoms with Crippen LogP contribution in [0.3, 0.4) is 0 Å². The Morgan fingerprint density at radius 2 is 0.923 bits per heavy atom. The van der Waals surface area contributed by atoms with Gasteiger partial charge in [0.25, 0.3) is 0 Å². The summed E-state index contributed by atoms with van der Waals surface area (Å²) in [7, 11) is 5.12. The van der Waals surface area contributed by atoms with E-state index in [0.717, 1.165) is 44.9 Å². The van der Waals surface area contributed by atoms with Crippen LogP contribution >= 0.6 is 0 Å². The molecule has 2 radical (unpaired) electrons. The number of ether oxygens (including phenoxy) is 4. The molecule has 0 aromatic carbocycles. The van der Waals surface area contributed by atoms with Crippen LogP contribution in [0, 0.1) is 0 Å². The fourth-order valence-electron chi connectivity index (χ4n) is 6.18. The maximum absolute atomic E-state index is 12.3. The number of carboxylic acids is 1. The van der Waals surface area contributed by atoms with Crippen LogP contribution in [-0.4, -0.2) is 157 Å². The van der Waals surface area contributed by atoms with Crippen molar-refractivity contribution in [2.75, 3.05) is 79.0 Å². The normalized spacial score (nSPS) is 12.4. The van der Waals surface area contributed by atoms with Gasteiger partial charge in [0.1, 0.15) is 25.0 Å². The predicted molar refractivity (Wildman–Crippen MR) is 245 cm³/mol. The van der Waals surface area contributed by atoms with Crippen LogP contribution in [0.4, 0.5) is 0 Å². The van der Waals surface area contributed by atoms with Gasteiger partial charge in [0.15, 0.2) is 7.85 Å². The molecule has 5 amide bonds. The monoisotopic (exact) mass is 926 g/mol. The lowest BCUT2D eigenvalue weighted by molar-refractivity contribution is -0.142. The molecule has 0 heterocycles. The van der Waals surface area contributed by atoms with Crippen LogP contribution in [0.25, 0.3) is 0 Å². The topological polar surface area (TPSA) is 306 Å². The van der Waals surface area contributed by atoms with Crippen molar-refractivity contribution < 1.29 is 62.4 Å². The molecule has 0 aliphatic heterocycles. The van der Waals surface area contributed by atoms with Crippen molar-refractivity contribution in [3.05, 3.63) is 0 Å². The maximum atomic E-state index is 12.3. The van der Waals surface area contributed by atoms with Gasteiger partial charge in [0.05, 0.1) is 57.4 Å². The smallest absolute Gasteiger partial charge is 0.326 e. The van der Waals surface area contributed by atoms with E-state index >= 15 is 0 Å². The lowest BCUT2D eigenvalue weighted by Crippen LogP contribution is -2.41. The molecule has 10 N–H and O–H groups in total. The molecular weight excluding hydrogens is 845 g/mol. The number of hydrogen-bond donors (Lipinski definition) is 8. The molecule has 0 aromatic heterocycles. The van der Waals surface area contributed by atoms with Gasteiger partial charge >= 0.3 is 5.97 Å². The Labute approximate surface area is 387 Å². The molecule has 3 atom stereocenters. The number of aliphatic carboxylic acids is 1. The van der Waals surface area contributed by atoms with Gasteiger partial charge in [-0.3, -0.25) is 24.0 Å². The standard InChI is InChI=1S/C44H80BN7O13/c1-34(53)16-10-8-6-4-2-3-5-7-9-11-19-39(55)52-37(44(60)61)20-21-38(54)49-24-26-62-28-31-65-33-41(57)50-25-27-63-29-30-64-32-40(56)48-22-14-13-18-36(47)43(59)51-23-15-12-17-35(46)42(45)58/h35-37H,2-33,46-47H2,1H3,(H,48,56)(H,49,54)(H,50,57)(H,51,59)(H,52,55)(H,60,61)/t35-,36-,37-/m0/s1. The van der Waals surface area contributed by atoms with Crippen molar-refractivity contribution in [2.24, 2.45) is 11.5 Å². The zero-order chi connectivity index (χ0) is 48.3. The molecule has 0 aliphatic rings. The molecular formula is C44H80BN7O13. The highest BCUT2D eigenvalue weighted by Gasteiger charge is 2.21. The second kappa shape index (κ2) is 42.6. The minimum absolute atomic E-state index is 0.0339. The van der Waals surface area contributed by atoms with Crippen molar-refractivity contribution >= 4 is 54.8 Å². The number of carbonyl (C=O) groups excluding carboxylic acids is 7. The maximum Gasteiger partial charge on any atom is 0.326 e. The van der Waals surface area contributed by atoms with Gasteiger partial charge in [-0.05, 0) is 64.7 Å². The average molecular weight is 926 g/mol. The van der Waals surface area contributed by atoms with Gasteiger partial charge in [-0.25, -0.2) is 4.79 Å². The van der Waals surface area contributed by atoms with Crippen LogP contribution < -0.4 is 38.1 Å². The van der Waals surface area contributed by atoms with Gasteiger partial charge in [-0.1, -0.05) is 51.4 Å². The van der Waals surface area contributed by atoms with Gasteiger partial charge < -0.3 is 71.7 Å². The minimum Gasteiger partial charge on any atom is -0.480 e. The van der Waals surface area contributed by atoms with Gasteiger partial charge in [-0.15, -0.1) is 0 Å². The van der Waals surface area contributed by atoms with Crippen molar-refractivity contribution in [1.29, 1.82) is 0 Å². The number of amides is 5. The van der Waals surface area contributed by atoms with E-state index < -0.39 is 29.8 Å². The van der Waals surface area contributed by atoms with E-state index in [0.29, 0.717) is 64.5 Å². The summed E-state index contributed by atoms with van der Waals surface area (Å²) in [6.07, 6.45) is 14.8. The lowest BCUT2D eigenvalue weighted by atomic mass is 9.92. The van der Waals surface area contributed by atoms with E-state index in [4.69, 9.17) is 38.3 Å². The third-order valence-electron chi connectivity index (χ3n) is 10.0. The highest BCUT2D eigenvalue weighted by Crippen LogP contribution is 2.12. The fourth-order valence-corrected chi connectivity index (χ4v) is 6.18. The van der Waals surface area contributed by atoms with Crippen LogP contribution in [0.15, 0.2) is 0 Å². The number of nitrogens with one attached hydrogen (secondary N) is 5. The van der Waals surface area contributed by atoms with Crippen molar-refractivity contribution in [3.8, 4) is 0 Å². The van der Waals surface area contributed by atoms with Gasteiger partial charge in [0, 0.05) is 45.4 Å². The second-order valence-corrected chi connectivity index (χ2v) is 16.0. The highest BCUT2D eigenvalue weighted by molar-refractivity contribution is 6.59. The molecule has 20 nitrogen and oxygen atoms in total. The summed E-state index contributed by atoms with van der Waals surface area (Å²) in [4.78, 5) is 94.0. The van der Waals surface area contributed by atoms with Crippen LogP contribution in [0.1, 0.15) is 135 Å².